The molecular formula is C23H17Cl2N3S2. The van der Waals surface area contributed by atoms with Gasteiger partial charge < -0.3 is 0 Å². The molecule has 0 radical (unpaired) electrons. The van der Waals surface area contributed by atoms with E-state index in [2.05, 4.69) is 53.7 Å². The molecule has 0 unspecified atom stereocenters. The standard InChI is InChI=1S/C23H17Cl2N3S2/c1-14-4-6-15(7-5-14)21-12-19(22-3-2-10-29-22)27-28(21)23-26-20(13-30-23)16-8-9-17(24)18(25)11-16/h2-11,13,21H,12H2,1H3/t21-/m1/s1. The fourth-order valence-corrected chi connectivity index (χ4v) is 5.34. The SMILES string of the molecule is Cc1ccc([C@H]2CC(c3cccs3)=NN2c2nc(-c3ccc(Cl)c(Cl)c3)cs2)cc1. The van der Waals surface area contributed by atoms with E-state index in [1.807, 2.05) is 17.5 Å². The Kier molecular flexibility index (Phi) is 5.37. The molecule has 1 aliphatic rings. The van der Waals surface area contributed by atoms with Crippen LogP contribution in [-0.2, 0) is 0 Å². The summed E-state index contributed by atoms with van der Waals surface area (Å²) < 4.78 is 0. The van der Waals surface area contributed by atoms with Crippen LogP contribution in [0.3, 0.4) is 0 Å². The third-order valence-electron chi connectivity index (χ3n) is 5.08. The van der Waals surface area contributed by atoms with Crippen LogP contribution in [0, 0.1) is 6.92 Å². The van der Waals surface area contributed by atoms with Crippen molar-refractivity contribution in [2.45, 2.75) is 19.4 Å². The van der Waals surface area contributed by atoms with Crippen LogP contribution in [0.25, 0.3) is 11.3 Å². The van der Waals surface area contributed by atoms with Crippen molar-refractivity contribution >= 4 is 56.7 Å². The Balaban J connectivity index is 1.53. The van der Waals surface area contributed by atoms with Crippen LogP contribution in [-0.4, -0.2) is 10.7 Å². The van der Waals surface area contributed by atoms with Gasteiger partial charge in [-0.05, 0) is 36.1 Å². The molecule has 0 fully saturated rings. The lowest BCUT2D eigenvalue weighted by atomic mass is 10.0. The largest absolute Gasteiger partial charge is 0.231 e. The first-order valence-corrected chi connectivity index (χ1v) is 12.0. The molecule has 2 aromatic heterocycles. The lowest BCUT2D eigenvalue weighted by molar-refractivity contribution is 0.706. The average molecular weight is 470 g/mol. The van der Waals surface area contributed by atoms with Crippen molar-refractivity contribution in [1.82, 2.24) is 4.98 Å². The maximum Gasteiger partial charge on any atom is 0.207 e. The Morgan fingerprint density at radius 2 is 1.83 bits per heavy atom. The molecule has 2 aromatic carbocycles. The third-order valence-corrected chi connectivity index (χ3v) is 7.57. The van der Waals surface area contributed by atoms with Crippen molar-refractivity contribution in [2.24, 2.45) is 5.10 Å². The summed E-state index contributed by atoms with van der Waals surface area (Å²) in [4.78, 5) is 6.09. The molecule has 3 heterocycles. The van der Waals surface area contributed by atoms with Crippen molar-refractivity contribution in [3.05, 3.63) is 91.4 Å². The van der Waals surface area contributed by atoms with E-state index in [1.165, 1.54) is 16.0 Å². The minimum atomic E-state index is 0.121. The van der Waals surface area contributed by atoms with Gasteiger partial charge in [0.2, 0.25) is 5.13 Å². The zero-order valence-electron chi connectivity index (χ0n) is 16.0. The molecule has 5 rings (SSSR count). The van der Waals surface area contributed by atoms with E-state index in [4.69, 9.17) is 33.3 Å². The first kappa shape index (κ1) is 19.8. The number of anilines is 1. The van der Waals surface area contributed by atoms with Crippen LogP contribution in [0.1, 0.15) is 28.5 Å². The maximum absolute atomic E-state index is 6.20. The number of hydrogen-bond donors (Lipinski definition) is 0. The van der Waals surface area contributed by atoms with Crippen molar-refractivity contribution < 1.29 is 0 Å². The highest BCUT2D eigenvalue weighted by Gasteiger charge is 2.32. The van der Waals surface area contributed by atoms with E-state index in [9.17, 15) is 0 Å². The van der Waals surface area contributed by atoms with Crippen LogP contribution >= 0.6 is 45.9 Å². The Labute approximate surface area is 193 Å². The van der Waals surface area contributed by atoms with Gasteiger partial charge in [0.25, 0.3) is 0 Å². The normalized spacial score (nSPS) is 16.2. The fourth-order valence-electron chi connectivity index (χ4n) is 3.48. The summed E-state index contributed by atoms with van der Waals surface area (Å²) >= 11 is 15.6. The topological polar surface area (TPSA) is 28.5 Å². The summed E-state index contributed by atoms with van der Waals surface area (Å²) in [5.41, 5.74) is 5.40. The number of thiophene rings is 1. The fraction of sp³-hybridized carbons (Fsp3) is 0.130. The van der Waals surface area contributed by atoms with Gasteiger partial charge in [0.05, 0.1) is 32.4 Å². The summed E-state index contributed by atoms with van der Waals surface area (Å²) in [7, 11) is 0. The smallest absolute Gasteiger partial charge is 0.207 e. The molecule has 1 aliphatic heterocycles. The van der Waals surface area contributed by atoms with Crippen molar-refractivity contribution in [3.8, 4) is 11.3 Å². The minimum absolute atomic E-state index is 0.121. The van der Waals surface area contributed by atoms with E-state index < -0.39 is 0 Å². The molecule has 0 saturated heterocycles. The van der Waals surface area contributed by atoms with Crippen LogP contribution in [0.5, 0.6) is 0 Å². The Morgan fingerprint density at radius 3 is 2.57 bits per heavy atom. The lowest BCUT2D eigenvalue weighted by Gasteiger charge is -2.21. The second kappa shape index (κ2) is 8.16. The first-order chi connectivity index (χ1) is 14.6. The predicted molar refractivity (Wildman–Crippen MR) is 129 cm³/mol. The lowest BCUT2D eigenvalue weighted by Crippen LogP contribution is -2.18. The summed E-state index contributed by atoms with van der Waals surface area (Å²) in [6.07, 6.45) is 0.852. The molecule has 3 nitrogen and oxygen atoms in total. The molecule has 1 atom stereocenters. The zero-order chi connectivity index (χ0) is 20.7. The van der Waals surface area contributed by atoms with E-state index >= 15 is 0 Å². The summed E-state index contributed by atoms with van der Waals surface area (Å²) in [6.45, 7) is 2.11. The number of nitrogens with zero attached hydrogens (tertiary/aromatic N) is 3. The molecule has 150 valence electrons. The molecule has 0 N–H and O–H groups in total. The van der Waals surface area contributed by atoms with Crippen molar-refractivity contribution in [3.63, 3.8) is 0 Å². The number of hydrazone groups is 1. The van der Waals surface area contributed by atoms with Gasteiger partial charge in [0.15, 0.2) is 0 Å². The van der Waals surface area contributed by atoms with Gasteiger partial charge in [-0.25, -0.2) is 9.99 Å². The predicted octanol–water partition coefficient (Wildman–Crippen LogP) is 7.84. The Hall–Kier alpha value is -2.18. The summed E-state index contributed by atoms with van der Waals surface area (Å²) in [6, 6.07) is 18.6. The van der Waals surface area contributed by atoms with Gasteiger partial charge in [0, 0.05) is 17.4 Å². The number of aromatic nitrogens is 1. The van der Waals surface area contributed by atoms with Gasteiger partial charge in [0.1, 0.15) is 0 Å². The highest BCUT2D eigenvalue weighted by molar-refractivity contribution is 7.14. The van der Waals surface area contributed by atoms with E-state index in [1.54, 1.807) is 28.7 Å². The highest BCUT2D eigenvalue weighted by Crippen LogP contribution is 2.40. The van der Waals surface area contributed by atoms with Gasteiger partial charge in [-0.1, -0.05) is 65.2 Å². The molecule has 0 aliphatic carbocycles. The molecule has 0 bridgehead atoms. The molecule has 0 spiro atoms. The zero-order valence-corrected chi connectivity index (χ0v) is 19.2. The molecule has 0 amide bonds. The number of hydrogen-bond acceptors (Lipinski definition) is 5. The van der Waals surface area contributed by atoms with Gasteiger partial charge >= 0.3 is 0 Å². The number of thiazole rings is 1. The van der Waals surface area contributed by atoms with E-state index in [0.717, 1.165) is 28.5 Å². The first-order valence-electron chi connectivity index (χ1n) is 9.46. The Bertz CT molecular complexity index is 1210. The van der Waals surface area contributed by atoms with Crippen LogP contribution < -0.4 is 5.01 Å². The van der Waals surface area contributed by atoms with Gasteiger partial charge in [-0.15, -0.1) is 22.7 Å². The number of rotatable bonds is 4. The van der Waals surface area contributed by atoms with Crippen molar-refractivity contribution in [1.29, 1.82) is 0 Å². The van der Waals surface area contributed by atoms with Gasteiger partial charge in [-0.3, -0.25) is 0 Å². The van der Waals surface area contributed by atoms with E-state index in [-0.39, 0.29) is 6.04 Å². The second-order valence-corrected chi connectivity index (χ2v) is 9.74. The molecule has 0 saturated carbocycles. The van der Waals surface area contributed by atoms with Gasteiger partial charge in [-0.2, -0.15) is 5.10 Å². The maximum atomic E-state index is 6.20. The van der Waals surface area contributed by atoms with Crippen molar-refractivity contribution in [2.75, 3.05) is 5.01 Å². The number of halogens is 2. The monoisotopic (exact) mass is 469 g/mol. The van der Waals surface area contributed by atoms with Crippen LogP contribution in [0.4, 0.5) is 5.13 Å². The summed E-state index contributed by atoms with van der Waals surface area (Å²) in [5.74, 6) is 0. The quantitative estimate of drug-likeness (QED) is 0.304. The second-order valence-electron chi connectivity index (χ2n) is 7.14. The Morgan fingerprint density at radius 1 is 1.00 bits per heavy atom. The molecule has 30 heavy (non-hydrogen) atoms. The molecule has 7 heteroatoms. The number of benzene rings is 2. The molecule has 4 aromatic rings. The van der Waals surface area contributed by atoms with E-state index in [0.29, 0.717) is 10.0 Å². The summed E-state index contributed by atoms with van der Waals surface area (Å²) in [5, 5.41) is 13.1. The van der Waals surface area contributed by atoms with Crippen LogP contribution in [0.2, 0.25) is 10.0 Å². The number of aryl methyl sites for hydroxylation is 1. The third kappa shape index (κ3) is 3.79. The van der Waals surface area contributed by atoms with Crippen LogP contribution in [0.15, 0.2) is 70.5 Å². The molecular weight excluding hydrogens is 453 g/mol. The highest BCUT2D eigenvalue weighted by atomic mass is 35.5. The average Bonchev–Trinajstić information content (AvgIpc) is 3.50. The minimum Gasteiger partial charge on any atom is -0.231 e.